The molecule has 3 N–H and O–H groups in total. The van der Waals surface area contributed by atoms with Crippen LogP contribution in [-0.4, -0.2) is 34.6 Å². The lowest BCUT2D eigenvalue weighted by molar-refractivity contribution is 0.0206. The zero-order chi connectivity index (χ0) is 15.0. The number of hydrogen-bond acceptors (Lipinski definition) is 3. The minimum Gasteiger partial charge on any atom is -0.373 e. The Labute approximate surface area is 125 Å². The monoisotopic (exact) mass is 309 g/mol. The van der Waals surface area contributed by atoms with Gasteiger partial charge in [0.15, 0.2) is 4.77 Å². The van der Waals surface area contributed by atoms with Gasteiger partial charge in [-0.25, -0.2) is 4.39 Å². The molecule has 0 spiro atoms. The second-order valence-electron chi connectivity index (χ2n) is 5.54. The molecule has 1 saturated heterocycles. The molecule has 2 aromatic rings. The van der Waals surface area contributed by atoms with E-state index in [0.717, 1.165) is 12.8 Å². The van der Waals surface area contributed by atoms with E-state index in [1.54, 1.807) is 0 Å². The van der Waals surface area contributed by atoms with Crippen LogP contribution < -0.4 is 5.32 Å². The second kappa shape index (κ2) is 5.23. The van der Waals surface area contributed by atoms with Crippen molar-refractivity contribution in [2.45, 2.75) is 25.4 Å². The maximum Gasteiger partial charge on any atom is 0.253 e. The van der Waals surface area contributed by atoms with Gasteiger partial charge in [-0.2, -0.15) is 0 Å². The number of nitrogens with one attached hydrogen (secondary N) is 3. The molecular formula is C14H16FN3O2S. The van der Waals surface area contributed by atoms with Crippen LogP contribution in [0.2, 0.25) is 0 Å². The molecule has 7 heteroatoms. The van der Waals surface area contributed by atoms with E-state index in [0.29, 0.717) is 29.0 Å². The molecule has 1 aliphatic heterocycles. The van der Waals surface area contributed by atoms with E-state index in [4.69, 9.17) is 17.0 Å². The summed E-state index contributed by atoms with van der Waals surface area (Å²) < 4.78 is 19.6. The Balaban J connectivity index is 1.85. The Bertz CT molecular complexity index is 746. The van der Waals surface area contributed by atoms with Crippen molar-refractivity contribution in [3.8, 4) is 0 Å². The van der Waals surface area contributed by atoms with Crippen LogP contribution in [0, 0.1) is 10.6 Å². The van der Waals surface area contributed by atoms with Crippen molar-refractivity contribution in [3.05, 3.63) is 28.3 Å². The van der Waals surface area contributed by atoms with Crippen molar-refractivity contribution in [1.82, 2.24) is 15.3 Å². The summed E-state index contributed by atoms with van der Waals surface area (Å²) in [7, 11) is 0. The predicted molar refractivity (Wildman–Crippen MR) is 79.4 cm³/mol. The fourth-order valence-electron chi connectivity index (χ4n) is 2.63. The number of carbonyl (C=O) groups excluding carboxylic acids is 1. The van der Waals surface area contributed by atoms with Crippen molar-refractivity contribution in [1.29, 1.82) is 0 Å². The van der Waals surface area contributed by atoms with Crippen LogP contribution in [0.4, 0.5) is 4.39 Å². The number of fused-ring (bicyclic) bond motifs is 1. The van der Waals surface area contributed by atoms with Gasteiger partial charge in [-0.1, -0.05) is 0 Å². The van der Waals surface area contributed by atoms with Crippen LogP contribution in [-0.2, 0) is 4.74 Å². The molecule has 1 aromatic carbocycles. The predicted octanol–water partition coefficient (Wildman–Crippen LogP) is 2.66. The third kappa shape index (κ3) is 2.84. The summed E-state index contributed by atoms with van der Waals surface area (Å²) in [6.45, 7) is 3.07. The van der Waals surface area contributed by atoms with Crippen molar-refractivity contribution in [2.75, 3.05) is 13.2 Å². The Morgan fingerprint density at radius 3 is 3.05 bits per heavy atom. The standard InChI is InChI=1S/C14H16FN3O2S/c1-14(3-2-4-20-14)7-16-12(19)9-5-8(15)6-10-11(9)18-13(21)17-10/h5-6H,2-4,7H2,1H3,(H,16,19)(H2,17,18,21). The van der Waals surface area contributed by atoms with Crippen LogP contribution in [0.25, 0.3) is 11.0 Å². The number of carbonyl (C=O) groups is 1. The van der Waals surface area contributed by atoms with Gasteiger partial charge in [-0.15, -0.1) is 0 Å². The lowest BCUT2D eigenvalue weighted by Gasteiger charge is -2.23. The van der Waals surface area contributed by atoms with Gasteiger partial charge in [0.2, 0.25) is 0 Å². The number of aromatic nitrogens is 2. The number of H-pyrrole nitrogens is 2. The fraction of sp³-hybridized carbons (Fsp3) is 0.429. The van der Waals surface area contributed by atoms with Crippen LogP contribution in [0.3, 0.4) is 0 Å². The molecule has 21 heavy (non-hydrogen) atoms. The van der Waals surface area contributed by atoms with Crippen molar-refractivity contribution in [2.24, 2.45) is 0 Å². The Kier molecular flexibility index (Phi) is 3.54. The minimum atomic E-state index is -0.485. The summed E-state index contributed by atoms with van der Waals surface area (Å²) in [5.74, 6) is -0.831. The van der Waals surface area contributed by atoms with E-state index >= 15 is 0 Å². The number of imidazole rings is 1. The van der Waals surface area contributed by atoms with Gasteiger partial charge < -0.3 is 20.0 Å². The summed E-state index contributed by atoms with van der Waals surface area (Å²) in [6, 6.07) is 2.51. The lowest BCUT2D eigenvalue weighted by Crippen LogP contribution is -2.40. The zero-order valence-electron chi connectivity index (χ0n) is 11.6. The van der Waals surface area contributed by atoms with E-state index in [1.807, 2.05) is 6.92 Å². The van der Waals surface area contributed by atoms with E-state index in [2.05, 4.69) is 15.3 Å². The molecule has 5 nitrogen and oxygen atoms in total. The largest absolute Gasteiger partial charge is 0.373 e. The number of amides is 1. The van der Waals surface area contributed by atoms with Gasteiger partial charge in [0.05, 0.1) is 22.2 Å². The van der Waals surface area contributed by atoms with Crippen LogP contribution in [0.5, 0.6) is 0 Å². The number of ether oxygens (including phenoxy) is 1. The molecular weight excluding hydrogens is 293 g/mol. The van der Waals surface area contributed by atoms with Crippen LogP contribution in [0.15, 0.2) is 12.1 Å². The summed E-state index contributed by atoms with van der Waals surface area (Å²) in [5, 5.41) is 2.81. The van der Waals surface area contributed by atoms with E-state index in [9.17, 15) is 9.18 Å². The molecule has 1 aromatic heterocycles. The van der Waals surface area contributed by atoms with E-state index < -0.39 is 5.82 Å². The van der Waals surface area contributed by atoms with Gasteiger partial charge in [0.25, 0.3) is 5.91 Å². The van der Waals surface area contributed by atoms with Gasteiger partial charge in [-0.3, -0.25) is 4.79 Å². The van der Waals surface area contributed by atoms with Gasteiger partial charge >= 0.3 is 0 Å². The van der Waals surface area contributed by atoms with E-state index in [1.165, 1.54) is 12.1 Å². The highest BCUT2D eigenvalue weighted by Gasteiger charge is 2.30. The van der Waals surface area contributed by atoms with Crippen molar-refractivity contribution >= 4 is 29.2 Å². The molecule has 1 aliphatic rings. The molecule has 1 amide bonds. The Hall–Kier alpha value is -1.73. The van der Waals surface area contributed by atoms with Gasteiger partial charge in [-0.05, 0) is 44.1 Å². The average Bonchev–Trinajstić information content (AvgIpc) is 3.01. The highest BCUT2D eigenvalue weighted by atomic mass is 32.1. The fourth-order valence-corrected chi connectivity index (χ4v) is 2.84. The van der Waals surface area contributed by atoms with Crippen LogP contribution >= 0.6 is 12.2 Å². The highest BCUT2D eigenvalue weighted by Crippen LogP contribution is 2.24. The molecule has 1 atom stereocenters. The number of hydrogen-bond donors (Lipinski definition) is 3. The molecule has 0 bridgehead atoms. The third-order valence-electron chi connectivity index (χ3n) is 3.76. The molecule has 0 radical (unpaired) electrons. The Morgan fingerprint density at radius 2 is 2.33 bits per heavy atom. The summed E-state index contributed by atoms with van der Waals surface area (Å²) in [6.07, 6.45) is 1.89. The zero-order valence-corrected chi connectivity index (χ0v) is 12.4. The first-order valence-corrected chi connectivity index (χ1v) is 7.21. The molecule has 112 valence electrons. The number of benzene rings is 1. The first-order chi connectivity index (χ1) is 9.97. The SMILES string of the molecule is CC1(CNC(=O)c2cc(F)cc3[nH]c(=S)[nH]c23)CCCO1. The van der Waals surface area contributed by atoms with Crippen LogP contribution in [0.1, 0.15) is 30.1 Å². The summed E-state index contributed by atoms with van der Waals surface area (Å²) >= 11 is 4.99. The quantitative estimate of drug-likeness (QED) is 0.763. The van der Waals surface area contributed by atoms with Gasteiger partial charge in [0.1, 0.15) is 5.82 Å². The smallest absolute Gasteiger partial charge is 0.253 e. The summed E-state index contributed by atoms with van der Waals surface area (Å²) in [4.78, 5) is 18.0. The maximum absolute atomic E-state index is 13.6. The lowest BCUT2D eigenvalue weighted by atomic mass is 10.0. The number of halogens is 1. The van der Waals surface area contributed by atoms with Crippen molar-refractivity contribution in [3.63, 3.8) is 0 Å². The minimum absolute atomic E-state index is 0.235. The molecule has 0 aliphatic carbocycles. The highest BCUT2D eigenvalue weighted by molar-refractivity contribution is 7.71. The topological polar surface area (TPSA) is 69.9 Å². The molecule has 1 unspecified atom stereocenters. The second-order valence-corrected chi connectivity index (χ2v) is 5.95. The normalized spacial score (nSPS) is 21.8. The van der Waals surface area contributed by atoms with E-state index in [-0.39, 0.29) is 17.1 Å². The molecule has 2 heterocycles. The number of aromatic amines is 2. The first-order valence-electron chi connectivity index (χ1n) is 6.81. The third-order valence-corrected chi connectivity index (χ3v) is 3.96. The van der Waals surface area contributed by atoms with Crippen molar-refractivity contribution < 1.29 is 13.9 Å². The first kappa shape index (κ1) is 14.2. The number of rotatable bonds is 3. The van der Waals surface area contributed by atoms with Gasteiger partial charge in [0, 0.05) is 13.2 Å². The molecule has 3 rings (SSSR count). The molecule has 0 saturated carbocycles. The maximum atomic E-state index is 13.6. The molecule has 1 fully saturated rings. The summed E-state index contributed by atoms with van der Waals surface area (Å²) in [5.41, 5.74) is 0.886. The Morgan fingerprint density at radius 1 is 1.52 bits per heavy atom. The average molecular weight is 309 g/mol.